The van der Waals surface area contributed by atoms with Crippen molar-refractivity contribution in [3.63, 3.8) is 0 Å². The Hall–Kier alpha value is -1.41. The van der Waals surface area contributed by atoms with Gasteiger partial charge in [-0.2, -0.15) is 0 Å². The highest BCUT2D eigenvalue weighted by Gasteiger charge is 2.21. The lowest BCUT2D eigenvalue weighted by Gasteiger charge is -2.12. The highest BCUT2D eigenvalue weighted by Crippen LogP contribution is 2.23. The molecule has 0 spiro atoms. The molecule has 0 radical (unpaired) electrons. The van der Waals surface area contributed by atoms with E-state index in [9.17, 15) is 8.42 Å². The van der Waals surface area contributed by atoms with Crippen molar-refractivity contribution in [2.24, 2.45) is 0 Å². The Morgan fingerprint density at radius 3 is 2.44 bits per heavy atom. The molecule has 1 aromatic rings. The fourth-order valence-electron chi connectivity index (χ4n) is 1.000. The van der Waals surface area contributed by atoms with Gasteiger partial charge in [-0.1, -0.05) is 0 Å². The van der Waals surface area contributed by atoms with Crippen LogP contribution in [-0.4, -0.2) is 51.2 Å². The maximum atomic E-state index is 11.7. The molecule has 1 rings (SSSR count). The zero-order valence-corrected chi connectivity index (χ0v) is 10.4. The molecule has 0 aliphatic rings. The number of rotatable bonds is 4. The molecule has 0 fully saturated rings. The lowest BCUT2D eigenvalue weighted by molar-refractivity contribution is 0.410. The maximum Gasteiger partial charge on any atom is 0.262 e. The molecular formula is C8H14N4O3S. The van der Waals surface area contributed by atoms with Gasteiger partial charge in [-0.15, -0.1) is 10.2 Å². The minimum Gasteiger partial charge on any atom is -0.493 e. The van der Waals surface area contributed by atoms with Crippen LogP contribution in [-0.2, 0) is 10.0 Å². The van der Waals surface area contributed by atoms with E-state index in [1.165, 1.54) is 27.3 Å². The van der Waals surface area contributed by atoms with Gasteiger partial charge >= 0.3 is 0 Å². The van der Waals surface area contributed by atoms with Gasteiger partial charge in [0.25, 0.3) is 10.0 Å². The van der Waals surface area contributed by atoms with Crippen LogP contribution in [0.25, 0.3) is 0 Å². The summed E-state index contributed by atoms with van der Waals surface area (Å²) in [5, 5.41) is 9.96. The standard InChI is InChI=1S/C8H14N4O3S/c1-9-8-6(15-4)5-7(10-11-8)16(13,14)12(2)3/h5H,1-4H3,(H,9,11). The Morgan fingerprint density at radius 1 is 1.38 bits per heavy atom. The average Bonchev–Trinajstić information content (AvgIpc) is 2.27. The van der Waals surface area contributed by atoms with Gasteiger partial charge in [0, 0.05) is 27.2 Å². The molecule has 0 amide bonds. The second-order valence-corrected chi connectivity index (χ2v) is 5.24. The van der Waals surface area contributed by atoms with Crippen molar-refractivity contribution >= 4 is 15.8 Å². The number of nitrogens with one attached hydrogen (secondary N) is 1. The van der Waals surface area contributed by atoms with E-state index in [0.29, 0.717) is 11.6 Å². The zero-order valence-electron chi connectivity index (χ0n) is 9.55. The van der Waals surface area contributed by atoms with Crippen LogP contribution in [0.2, 0.25) is 0 Å². The van der Waals surface area contributed by atoms with Gasteiger partial charge in [0.05, 0.1) is 7.11 Å². The molecule has 16 heavy (non-hydrogen) atoms. The van der Waals surface area contributed by atoms with Gasteiger partial charge in [0.2, 0.25) is 0 Å². The topological polar surface area (TPSA) is 84.4 Å². The summed E-state index contributed by atoms with van der Waals surface area (Å²) in [6, 6.07) is 1.33. The highest BCUT2D eigenvalue weighted by atomic mass is 32.2. The van der Waals surface area contributed by atoms with Crippen LogP contribution >= 0.6 is 0 Å². The minimum absolute atomic E-state index is 0.145. The van der Waals surface area contributed by atoms with E-state index in [-0.39, 0.29) is 5.03 Å². The first-order valence-electron chi connectivity index (χ1n) is 4.45. The quantitative estimate of drug-likeness (QED) is 0.790. The summed E-state index contributed by atoms with van der Waals surface area (Å²) in [6.45, 7) is 0. The molecule has 0 unspecified atom stereocenters. The maximum absolute atomic E-state index is 11.7. The lowest BCUT2D eigenvalue weighted by atomic mass is 10.5. The minimum atomic E-state index is -3.58. The molecule has 1 heterocycles. The van der Waals surface area contributed by atoms with Crippen LogP contribution in [0.3, 0.4) is 0 Å². The molecular weight excluding hydrogens is 232 g/mol. The van der Waals surface area contributed by atoms with Gasteiger partial charge < -0.3 is 10.1 Å². The fourth-order valence-corrected chi connectivity index (χ4v) is 1.77. The summed E-state index contributed by atoms with van der Waals surface area (Å²) in [5.41, 5.74) is 0. The van der Waals surface area contributed by atoms with E-state index >= 15 is 0 Å². The van der Waals surface area contributed by atoms with Crippen molar-refractivity contribution in [2.75, 3.05) is 33.6 Å². The number of sulfonamides is 1. The molecule has 0 aliphatic carbocycles. The van der Waals surface area contributed by atoms with E-state index < -0.39 is 10.0 Å². The van der Waals surface area contributed by atoms with E-state index in [0.717, 1.165) is 4.31 Å². The largest absolute Gasteiger partial charge is 0.493 e. The predicted molar refractivity (Wildman–Crippen MR) is 59.0 cm³/mol. The Morgan fingerprint density at radius 2 is 2.00 bits per heavy atom. The van der Waals surface area contributed by atoms with E-state index in [2.05, 4.69) is 15.5 Å². The summed E-state index contributed by atoms with van der Waals surface area (Å²) in [4.78, 5) is 0. The Balaban J connectivity index is 3.29. The predicted octanol–water partition coefficient (Wildman–Crippen LogP) is -0.223. The van der Waals surface area contributed by atoms with Gasteiger partial charge in [-0.25, -0.2) is 12.7 Å². The molecule has 7 nitrogen and oxygen atoms in total. The zero-order chi connectivity index (χ0) is 12.3. The van der Waals surface area contributed by atoms with Gasteiger partial charge in [0.1, 0.15) is 0 Å². The second kappa shape index (κ2) is 4.62. The number of hydrogen-bond donors (Lipinski definition) is 1. The molecule has 0 saturated carbocycles. The fraction of sp³-hybridized carbons (Fsp3) is 0.500. The van der Waals surface area contributed by atoms with Crippen molar-refractivity contribution in [3.8, 4) is 5.75 Å². The Bertz CT molecular complexity index is 472. The first kappa shape index (κ1) is 12.7. The number of ether oxygens (including phenoxy) is 1. The summed E-state index contributed by atoms with van der Waals surface area (Å²) >= 11 is 0. The summed E-state index contributed by atoms with van der Waals surface area (Å²) in [6.07, 6.45) is 0. The van der Waals surface area contributed by atoms with Crippen molar-refractivity contribution in [2.45, 2.75) is 5.03 Å². The number of hydrogen-bond acceptors (Lipinski definition) is 6. The van der Waals surface area contributed by atoms with Crippen LogP contribution < -0.4 is 10.1 Å². The van der Waals surface area contributed by atoms with Crippen molar-refractivity contribution in [3.05, 3.63) is 6.07 Å². The summed E-state index contributed by atoms with van der Waals surface area (Å²) in [5.74, 6) is 0.720. The molecule has 1 N–H and O–H groups in total. The Labute approximate surface area is 94.5 Å². The summed E-state index contributed by atoms with van der Waals surface area (Å²) < 4.78 is 29.6. The monoisotopic (exact) mass is 246 g/mol. The molecule has 1 aromatic heterocycles. The number of nitrogens with zero attached hydrogens (tertiary/aromatic N) is 3. The third kappa shape index (κ3) is 2.22. The van der Waals surface area contributed by atoms with E-state index in [1.54, 1.807) is 7.05 Å². The van der Waals surface area contributed by atoms with Crippen LogP contribution in [0.15, 0.2) is 11.1 Å². The summed E-state index contributed by atoms with van der Waals surface area (Å²) in [7, 11) is 2.35. The Kier molecular flexibility index (Phi) is 3.66. The van der Waals surface area contributed by atoms with Crippen LogP contribution in [0.5, 0.6) is 5.75 Å². The average molecular weight is 246 g/mol. The van der Waals surface area contributed by atoms with Gasteiger partial charge in [-0.3, -0.25) is 0 Å². The molecule has 0 saturated heterocycles. The molecule has 0 bridgehead atoms. The number of methoxy groups -OCH3 is 1. The first-order chi connectivity index (χ1) is 7.43. The van der Waals surface area contributed by atoms with Crippen molar-refractivity contribution < 1.29 is 13.2 Å². The van der Waals surface area contributed by atoms with Crippen LogP contribution in [0.1, 0.15) is 0 Å². The van der Waals surface area contributed by atoms with E-state index in [1.807, 2.05) is 0 Å². The second-order valence-electron chi connectivity index (χ2n) is 3.14. The van der Waals surface area contributed by atoms with Crippen molar-refractivity contribution in [1.29, 1.82) is 0 Å². The first-order valence-corrected chi connectivity index (χ1v) is 5.89. The highest BCUT2D eigenvalue weighted by molar-refractivity contribution is 7.89. The molecule has 8 heteroatoms. The third-order valence-corrected chi connectivity index (χ3v) is 3.63. The van der Waals surface area contributed by atoms with Crippen molar-refractivity contribution in [1.82, 2.24) is 14.5 Å². The molecule has 0 aromatic carbocycles. The van der Waals surface area contributed by atoms with Crippen LogP contribution in [0.4, 0.5) is 5.82 Å². The van der Waals surface area contributed by atoms with Crippen LogP contribution in [0, 0.1) is 0 Å². The normalized spacial score (nSPS) is 11.6. The number of aromatic nitrogens is 2. The molecule has 0 aliphatic heterocycles. The lowest BCUT2D eigenvalue weighted by Crippen LogP contribution is -2.23. The third-order valence-electron chi connectivity index (χ3n) is 1.94. The smallest absolute Gasteiger partial charge is 0.262 e. The van der Waals surface area contributed by atoms with E-state index in [4.69, 9.17) is 4.74 Å². The molecule has 90 valence electrons. The molecule has 0 atom stereocenters. The van der Waals surface area contributed by atoms with Gasteiger partial charge in [-0.05, 0) is 0 Å². The SMILES string of the molecule is CNc1nnc(S(=O)(=O)N(C)C)cc1OC. The number of anilines is 1. The van der Waals surface area contributed by atoms with Gasteiger partial charge in [0.15, 0.2) is 16.6 Å².